The highest BCUT2D eigenvalue weighted by atomic mass is 32.2. The van der Waals surface area contributed by atoms with Crippen molar-refractivity contribution in [3.05, 3.63) is 54.6 Å². The molecular formula is C27H32N4O3S. The number of amides is 3. The molecule has 3 aliphatic rings. The Morgan fingerprint density at radius 1 is 0.771 bits per heavy atom. The third-order valence-electron chi connectivity index (χ3n) is 7.08. The lowest BCUT2D eigenvalue weighted by Crippen LogP contribution is -2.55. The quantitative estimate of drug-likeness (QED) is 0.613. The molecule has 0 aromatic heterocycles. The van der Waals surface area contributed by atoms with Crippen LogP contribution in [0.5, 0.6) is 0 Å². The zero-order valence-corrected chi connectivity index (χ0v) is 20.8. The first kappa shape index (κ1) is 23.7. The highest BCUT2D eigenvalue weighted by Gasteiger charge is 2.41. The van der Waals surface area contributed by atoms with Gasteiger partial charge in [0.05, 0.1) is 5.69 Å². The molecule has 0 unspecified atom stereocenters. The molecule has 0 N–H and O–H groups in total. The van der Waals surface area contributed by atoms with Crippen LogP contribution in [0.3, 0.4) is 0 Å². The van der Waals surface area contributed by atoms with E-state index < -0.39 is 5.25 Å². The smallest absolute Gasteiger partial charge is 0.250 e. The lowest BCUT2D eigenvalue weighted by molar-refractivity contribution is -0.136. The Labute approximate surface area is 211 Å². The van der Waals surface area contributed by atoms with Crippen LogP contribution in [-0.4, -0.2) is 78.6 Å². The minimum Gasteiger partial charge on any atom is -0.368 e. The van der Waals surface area contributed by atoms with Gasteiger partial charge in [0.1, 0.15) is 6.54 Å². The summed E-state index contributed by atoms with van der Waals surface area (Å²) in [6.07, 6.45) is 4.20. The van der Waals surface area contributed by atoms with E-state index in [2.05, 4.69) is 17.0 Å². The molecular weight excluding hydrogens is 460 g/mol. The molecule has 0 spiro atoms. The summed E-state index contributed by atoms with van der Waals surface area (Å²) in [5.41, 5.74) is 1.88. The van der Waals surface area contributed by atoms with Crippen LogP contribution in [0.2, 0.25) is 0 Å². The number of carbonyl (C=O) groups excluding carboxylic acids is 3. The largest absolute Gasteiger partial charge is 0.368 e. The second-order valence-electron chi connectivity index (χ2n) is 9.33. The van der Waals surface area contributed by atoms with Gasteiger partial charge in [-0.1, -0.05) is 43.2 Å². The second-order valence-corrected chi connectivity index (χ2v) is 10.5. The fourth-order valence-electron chi connectivity index (χ4n) is 5.08. The van der Waals surface area contributed by atoms with E-state index in [0.717, 1.165) is 55.0 Å². The molecule has 0 bridgehead atoms. The molecule has 5 rings (SSSR count). The number of thioether (sulfide) groups is 1. The van der Waals surface area contributed by atoms with Crippen LogP contribution >= 0.6 is 11.8 Å². The fourth-order valence-corrected chi connectivity index (χ4v) is 6.27. The molecule has 35 heavy (non-hydrogen) atoms. The van der Waals surface area contributed by atoms with E-state index >= 15 is 0 Å². The van der Waals surface area contributed by atoms with Crippen LogP contribution < -0.4 is 9.80 Å². The number of hydrogen-bond donors (Lipinski definition) is 0. The van der Waals surface area contributed by atoms with Crippen molar-refractivity contribution in [3.8, 4) is 0 Å². The minimum absolute atomic E-state index is 0.0362. The van der Waals surface area contributed by atoms with Crippen LogP contribution in [0.15, 0.2) is 59.5 Å². The number of carbonyl (C=O) groups is 3. The van der Waals surface area contributed by atoms with Crippen LogP contribution in [0.4, 0.5) is 11.4 Å². The maximum Gasteiger partial charge on any atom is 0.250 e. The lowest BCUT2D eigenvalue weighted by Gasteiger charge is -2.38. The van der Waals surface area contributed by atoms with Gasteiger partial charge in [-0.25, -0.2) is 0 Å². The van der Waals surface area contributed by atoms with Gasteiger partial charge in [0.15, 0.2) is 5.25 Å². The first-order valence-corrected chi connectivity index (χ1v) is 13.4. The molecule has 2 aromatic rings. The SMILES string of the molecule is O=C(CN1C(=O)[C@@H](C(=O)N2CCCCCC2)Sc2ccccc21)N1CCN(c2ccccc2)CC1. The summed E-state index contributed by atoms with van der Waals surface area (Å²) >= 11 is 1.32. The highest BCUT2D eigenvalue weighted by molar-refractivity contribution is 8.01. The molecule has 7 nitrogen and oxygen atoms in total. The monoisotopic (exact) mass is 492 g/mol. The standard InChI is InChI=1S/C27H32N4O3S/c32-24(29-18-16-28(17-19-29)21-10-4-3-5-11-21)20-31-22-12-6-7-13-23(22)35-25(27(31)34)26(33)30-14-8-1-2-9-15-30/h3-7,10-13,25H,1-2,8-9,14-20H2/t25-/m1/s1. The summed E-state index contributed by atoms with van der Waals surface area (Å²) in [7, 11) is 0. The second kappa shape index (κ2) is 10.7. The van der Waals surface area contributed by atoms with E-state index in [0.29, 0.717) is 26.2 Å². The molecule has 0 radical (unpaired) electrons. The molecule has 0 aliphatic carbocycles. The van der Waals surface area contributed by atoms with Crippen LogP contribution in [0.1, 0.15) is 25.7 Å². The molecule has 3 amide bonds. The van der Waals surface area contributed by atoms with Gasteiger partial charge in [0, 0.05) is 49.9 Å². The number of para-hydroxylation sites is 2. The van der Waals surface area contributed by atoms with Crippen LogP contribution in [-0.2, 0) is 14.4 Å². The average Bonchev–Trinajstić information content (AvgIpc) is 3.20. The van der Waals surface area contributed by atoms with E-state index in [4.69, 9.17) is 0 Å². The minimum atomic E-state index is -0.828. The molecule has 2 aromatic carbocycles. The Bertz CT molecular complexity index is 1060. The molecule has 0 saturated carbocycles. The van der Waals surface area contributed by atoms with Crippen molar-refractivity contribution < 1.29 is 14.4 Å². The van der Waals surface area contributed by atoms with Gasteiger partial charge >= 0.3 is 0 Å². The zero-order chi connectivity index (χ0) is 24.2. The van der Waals surface area contributed by atoms with Crippen molar-refractivity contribution in [1.82, 2.24) is 9.80 Å². The van der Waals surface area contributed by atoms with Gasteiger partial charge in [-0.2, -0.15) is 0 Å². The third kappa shape index (κ3) is 5.17. The van der Waals surface area contributed by atoms with E-state index in [-0.39, 0.29) is 24.3 Å². The molecule has 2 saturated heterocycles. The van der Waals surface area contributed by atoms with Crippen molar-refractivity contribution in [1.29, 1.82) is 0 Å². The number of fused-ring (bicyclic) bond motifs is 1. The van der Waals surface area contributed by atoms with Crippen molar-refractivity contribution in [2.75, 3.05) is 55.6 Å². The normalized spacial score (nSPS) is 20.9. The fraction of sp³-hybridized carbons (Fsp3) is 0.444. The third-order valence-corrected chi connectivity index (χ3v) is 8.32. The van der Waals surface area contributed by atoms with E-state index in [1.54, 1.807) is 0 Å². The summed E-state index contributed by atoms with van der Waals surface area (Å²) in [4.78, 5) is 48.7. The Morgan fingerprint density at radius 3 is 2.14 bits per heavy atom. The highest BCUT2D eigenvalue weighted by Crippen LogP contribution is 2.40. The molecule has 184 valence electrons. The lowest BCUT2D eigenvalue weighted by atomic mass is 10.2. The predicted octanol–water partition coefficient (Wildman–Crippen LogP) is 3.25. The molecule has 2 fully saturated rings. The summed E-state index contributed by atoms with van der Waals surface area (Å²) in [6.45, 7) is 4.11. The Hall–Kier alpha value is -3.00. The first-order valence-electron chi connectivity index (χ1n) is 12.6. The Kier molecular flexibility index (Phi) is 7.27. The Morgan fingerprint density at radius 2 is 1.43 bits per heavy atom. The zero-order valence-electron chi connectivity index (χ0n) is 20.0. The number of likely N-dealkylation sites (tertiary alicyclic amines) is 1. The summed E-state index contributed by atoms with van der Waals surface area (Å²) < 4.78 is 0. The van der Waals surface area contributed by atoms with Crippen LogP contribution in [0.25, 0.3) is 0 Å². The number of benzene rings is 2. The van der Waals surface area contributed by atoms with Crippen molar-refractivity contribution in [2.24, 2.45) is 0 Å². The van der Waals surface area contributed by atoms with Crippen LogP contribution in [0, 0.1) is 0 Å². The number of hydrogen-bond acceptors (Lipinski definition) is 5. The first-order chi connectivity index (χ1) is 17.1. The molecule has 8 heteroatoms. The molecule has 3 heterocycles. The average molecular weight is 493 g/mol. The predicted molar refractivity (Wildman–Crippen MR) is 139 cm³/mol. The van der Waals surface area contributed by atoms with Gasteiger partial charge in [0.2, 0.25) is 11.8 Å². The Balaban J connectivity index is 1.28. The van der Waals surface area contributed by atoms with Crippen molar-refractivity contribution in [2.45, 2.75) is 35.8 Å². The van der Waals surface area contributed by atoms with Gasteiger partial charge in [-0.15, -0.1) is 11.8 Å². The maximum atomic E-state index is 13.6. The topological polar surface area (TPSA) is 64.2 Å². The summed E-state index contributed by atoms with van der Waals surface area (Å²) in [6, 6.07) is 17.8. The number of anilines is 2. The van der Waals surface area contributed by atoms with Gasteiger partial charge in [-0.3, -0.25) is 14.4 Å². The van der Waals surface area contributed by atoms with Crippen molar-refractivity contribution in [3.63, 3.8) is 0 Å². The number of nitrogens with zero attached hydrogens (tertiary/aromatic N) is 4. The van der Waals surface area contributed by atoms with Crippen molar-refractivity contribution >= 4 is 40.9 Å². The van der Waals surface area contributed by atoms with E-state index in [1.807, 2.05) is 52.3 Å². The molecule has 3 aliphatic heterocycles. The number of piperazine rings is 1. The maximum absolute atomic E-state index is 13.6. The summed E-state index contributed by atoms with van der Waals surface area (Å²) in [5.74, 6) is -0.474. The van der Waals surface area contributed by atoms with E-state index in [9.17, 15) is 14.4 Å². The molecule has 1 atom stereocenters. The van der Waals surface area contributed by atoms with Gasteiger partial charge in [0.25, 0.3) is 5.91 Å². The van der Waals surface area contributed by atoms with E-state index in [1.165, 1.54) is 16.7 Å². The summed E-state index contributed by atoms with van der Waals surface area (Å²) in [5, 5.41) is -0.828. The number of rotatable bonds is 4. The van der Waals surface area contributed by atoms with Gasteiger partial charge in [-0.05, 0) is 37.1 Å². The van der Waals surface area contributed by atoms with Gasteiger partial charge < -0.3 is 19.6 Å².